The Morgan fingerprint density at radius 2 is 2.18 bits per heavy atom. The van der Waals surface area contributed by atoms with Crippen molar-refractivity contribution >= 4 is 34.7 Å². The largest absolute Gasteiger partial charge is 0.508 e. The molecule has 9 nitrogen and oxygen atoms in total. The van der Waals surface area contributed by atoms with Crippen LogP contribution in [-0.4, -0.2) is 46.5 Å². The van der Waals surface area contributed by atoms with E-state index in [2.05, 4.69) is 30.4 Å². The average molecular weight is 393 g/mol. The van der Waals surface area contributed by atoms with E-state index in [4.69, 9.17) is 0 Å². The summed E-state index contributed by atoms with van der Waals surface area (Å²) in [5, 5.41) is 17.4. The lowest BCUT2D eigenvalue weighted by atomic mass is 10.0. The fourth-order valence-electron chi connectivity index (χ4n) is 3.40. The molecule has 4 aromatic rings. The Labute approximate surface area is 163 Å². The zero-order valence-corrected chi connectivity index (χ0v) is 15.6. The number of aromatic nitrogens is 6. The molecule has 1 aromatic carbocycles. The summed E-state index contributed by atoms with van der Waals surface area (Å²) in [6.45, 7) is 1.90. The minimum absolute atomic E-state index is 0.120. The molecule has 0 saturated carbocycles. The summed E-state index contributed by atoms with van der Waals surface area (Å²) in [4.78, 5) is 28.1. The van der Waals surface area contributed by atoms with Gasteiger partial charge in [0.1, 0.15) is 23.4 Å². The second-order valence-electron chi connectivity index (χ2n) is 6.39. The number of hydrogen-bond donors (Lipinski definition) is 3. The van der Waals surface area contributed by atoms with Crippen LogP contribution in [-0.2, 0) is 4.79 Å². The van der Waals surface area contributed by atoms with Crippen LogP contribution in [0.4, 0.5) is 5.82 Å². The summed E-state index contributed by atoms with van der Waals surface area (Å²) in [6, 6.07) is 7.07. The number of nitrogens with one attached hydrogen (secondary N) is 2. The maximum absolute atomic E-state index is 12.4. The Bertz CT molecular complexity index is 1220. The summed E-state index contributed by atoms with van der Waals surface area (Å²) in [5.41, 5.74) is 3.70. The van der Waals surface area contributed by atoms with Crippen LogP contribution in [0.25, 0.3) is 17.0 Å². The van der Waals surface area contributed by atoms with E-state index in [1.165, 1.54) is 18.1 Å². The Hall–Kier alpha value is -3.40. The van der Waals surface area contributed by atoms with E-state index in [9.17, 15) is 9.90 Å². The lowest BCUT2D eigenvalue weighted by molar-refractivity contribution is -0.113. The number of phenols is 1. The van der Waals surface area contributed by atoms with Gasteiger partial charge in [-0.2, -0.15) is 9.78 Å². The number of nitrogens with zero attached hydrogens (tertiary/aromatic N) is 5. The SMILES string of the molecule is Cc1nn(-c2ncnc3nc[nH]c23)c2c1[C@H](c1cccc(O)c1)SCC(=O)N2. The number of fused-ring (bicyclic) bond motifs is 2. The number of carbonyl (C=O) groups excluding carboxylic acids is 1. The van der Waals surface area contributed by atoms with Crippen LogP contribution >= 0.6 is 11.8 Å². The van der Waals surface area contributed by atoms with E-state index in [1.807, 2.05) is 13.0 Å². The number of amides is 1. The van der Waals surface area contributed by atoms with E-state index in [0.717, 1.165) is 16.8 Å². The van der Waals surface area contributed by atoms with Gasteiger partial charge in [-0.3, -0.25) is 4.79 Å². The molecule has 3 N–H and O–H groups in total. The van der Waals surface area contributed by atoms with Gasteiger partial charge < -0.3 is 15.4 Å². The fraction of sp³-hybridized carbons (Fsp3) is 0.167. The third-order valence-corrected chi connectivity index (χ3v) is 5.85. The van der Waals surface area contributed by atoms with E-state index in [0.29, 0.717) is 22.8 Å². The van der Waals surface area contributed by atoms with Crippen molar-refractivity contribution in [1.29, 1.82) is 0 Å². The first-order chi connectivity index (χ1) is 13.6. The molecule has 1 amide bonds. The van der Waals surface area contributed by atoms with Gasteiger partial charge >= 0.3 is 0 Å². The summed E-state index contributed by atoms with van der Waals surface area (Å²) < 4.78 is 1.62. The van der Waals surface area contributed by atoms with Crippen molar-refractivity contribution in [2.75, 3.05) is 11.1 Å². The van der Waals surface area contributed by atoms with E-state index >= 15 is 0 Å². The van der Waals surface area contributed by atoms with Crippen molar-refractivity contribution < 1.29 is 9.90 Å². The van der Waals surface area contributed by atoms with E-state index < -0.39 is 0 Å². The number of aryl methyl sites for hydroxylation is 1. The molecule has 3 aromatic heterocycles. The number of aromatic hydroxyl groups is 1. The standard InChI is InChI=1S/C18H15N7O2S/c1-9-13-15(10-3-2-4-11(26)5-10)28-6-12(27)23-17(13)25(24-9)18-14-16(20-7-19-14)21-8-22-18/h2-5,7-8,15,26H,6H2,1H3,(H,23,27)(H,19,20,21,22)/t15-/m0/s1. The molecule has 0 saturated heterocycles. The Morgan fingerprint density at radius 3 is 3.04 bits per heavy atom. The number of imidazole rings is 1. The number of H-pyrrole nitrogens is 1. The van der Waals surface area contributed by atoms with Crippen LogP contribution < -0.4 is 5.32 Å². The predicted octanol–water partition coefficient (Wildman–Crippen LogP) is 2.33. The monoisotopic (exact) mass is 393 g/mol. The molecule has 0 fully saturated rings. The highest BCUT2D eigenvalue weighted by molar-refractivity contribution is 8.00. The average Bonchev–Trinajstić information content (AvgIpc) is 3.23. The van der Waals surface area contributed by atoms with Gasteiger partial charge in [0.2, 0.25) is 5.91 Å². The third kappa shape index (κ3) is 2.61. The molecule has 0 aliphatic carbocycles. The number of aromatic amines is 1. The molecule has 140 valence electrons. The van der Waals surface area contributed by atoms with Gasteiger partial charge in [-0.25, -0.2) is 15.0 Å². The van der Waals surface area contributed by atoms with Crippen molar-refractivity contribution in [2.24, 2.45) is 0 Å². The van der Waals surface area contributed by atoms with Gasteiger partial charge in [0.15, 0.2) is 11.5 Å². The minimum atomic E-state index is -0.158. The van der Waals surface area contributed by atoms with Crippen LogP contribution in [0.15, 0.2) is 36.9 Å². The van der Waals surface area contributed by atoms with Crippen molar-refractivity contribution in [3.05, 3.63) is 53.7 Å². The lowest BCUT2D eigenvalue weighted by Crippen LogP contribution is -2.16. The summed E-state index contributed by atoms with van der Waals surface area (Å²) in [7, 11) is 0. The Morgan fingerprint density at radius 1 is 1.29 bits per heavy atom. The number of anilines is 1. The highest BCUT2D eigenvalue weighted by atomic mass is 32.2. The first-order valence-corrected chi connectivity index (χ1v) is 9.61. The Kier molecular flexibility index (Phi) is 3.79. The first-order valence-electron chi connectivity index (χ1n) is 8.56. The van der Waals surface area contributed by atoms with Gasteiger partial charge in [-0.1, -0.05) is 12.1 Å². The summed E-state index contributed by atoms with van der Waals surface area (Å²) >= 11 is 1.50. The van der Waals surface area contributed by atoms with Crippen LogP contribution in [0, 0.1) is 6.92 Å². The molecule has 0 spiro atoms. The zero-order chi connectivity index (χ0) is 19.3. The van der Waals surface area contributed by atoms with Crippen LogP contribution in [0.1, 0.15) is 22.1 Å². The number of phenolic OH excluding ortho intramolecular Hbond substituents is 1. The van der Waals surface area contributed by atoms with Crippen molar-refractivity contribution in [3.63, 3.8) is 0 Å². The summed E-state index contributed by atoms with van der Waals surface area (Å²) in [5.74, 6) is 1.43. The molecule has 0 bridgehead atoms. The highest BCUT2D eigenvalue weighted by Gasteiger charge is 2.31. The first kappa shape index (κ1) is 16.8. The van der Waals surface area contributed by atoms with Gasteiger partial charge in [-0.15, -0.1) is 11.8 Å². The van der Waals surface area contributed by atoms with E-state index in [-0.39, 0.29) is 22.7 Å². The second kappa shape index (κ2) is 6.34. The molecule has 1 aliphatic rings. The Balaban J connectivity index is 1.74. The molecule has 28 heavy (non-hydrogen) atoms. The maximum atomic E-state index is 12.4. The van der Waals surface area contributed by atoms with Crippen LogP contribution in [0.2, 0.25) is 0 Å². The molecular weight excluding hydrogens is 378 g/mol. The minimum Gasteiger partial charge on any atom is -0.508 e. The van der Waals surface area contributed by atoms with Crippen molar-refractivity contribution in [2.45, 2.75) is 12.2 Å². The smallest absolute Gasteiger partial charge is 0.235 e. The molecule has 5 rings (SSSR count). The van der Waals surface area contributed by atoms with Crippen LogP contribution in [0.5, 0.6) is 5.75 Å². The zero-order valence-electron chi connectivity index (χ0n) is 14.7. The third-order valence-electron chi connectivity index (χ3n) is 4.58. The van der Waals surface area contributed by atoms with Gasteiger partial charge in [-0.05, 0) is 24.6 Å². The van der Waals surface area contributed by atoms with Crippen molar-refractivity contribution in [1.82, 2.24) is 29.7 Å². The quantitative estimate of drug-likeness (QED) is 0.478. The van der Waals surface area contributed by atoms with Crippen LogP contribution in [0.3, 0.4) is 0 Å². The molecule has 0 unspecified atom stereocenters. The predicted molar refractivity (Wildman–Crippen MR) is 105 cm³/mol. The highest BCUT2D eigenvalue weighted by Crippen LogP contribution is 2.44. The topological polar surface area (TPSA) is 122 Å². The fourth-order valence-corrected chi connectivity index (χ4v) is 4.58. The number of hydrogen-bond acceptors (Lipinski definition) is 7. The van der Waals surface area contributed by atoms with Gasteiger partial charge in [0, 0.05) is 5.56 Å². The van der Waals surface area contributed by atoms with Crippen molar-refractivity contribution in [3.8, 4) is 11.6 Å². The molecular formula is C18H15N7O2S. The number of carbonyl (C=O) groups is 1. The summed E-state index contributed by atoms with van der Waals surface area (Å²) in [6.07, 6.45) is 2.96. The second-order valence-corrected chi connectivity index (χ2v) is 7.49. The number of rotatable bonds is 2. The molecule has 4 heterocycles. The van der Waals surface area contributed by atoms with Gasteiger partial charge in [0.05, 0.1) is 23.0 Å². The number of benzene rings is 1. The van der Waals surface area contributed by atoms with E-state index in [1.54, 1.807) is 29.2 Å². The maximum Gasteiger partial charge on any atom is 0.235 e. The lowest BCUT2D eigenvalue weighted by Gasteiger charge is -2.15. The van der Waals surface area contributed by atoms with Gasteiger partial charge in [0.25, 0.3) is 0 Å². The normalized spacial score (nSPS) is 16.6. The molecule has 1 aliphatic heterocycles. The molecule has 1 atom stereocenters. The molecule has 0 radical (unpaired) electrons. The number of thioether (sulfide) groups is 1. The molecule has 10 heteroatoms.